The van der Waals surface area contributed by atoms with Crippen molar-refractivity contribution in [1.29, 1.82) is 0 Å². The monoisotopic (exact) mass is 357 g/mol. The number of aromatic nitrogens is 3. The van der Waals surface area contributed by atoms with Crippen molar-refractivity contribution in [3.05, 3.63) is 65.9 Å². The van der Waals surface area contributed by atoms with Gasteiger partial charge in [0.1, 0.15) is 0 Å². The fraction of sp³-hybridized carbons (Fsp3) is 0.0556. The Bertz CT molecular complexity index is 1060. The van der Waals surface area contributed by atoms with Gasteiger partial charge in [0.15, 0.2) is 0 Å². The maximum absolute atomic E-state index is 13.0. The summed E-state index contributed by atoms with van der Waals surface area (Å²) in [6.45, 7) is 0. The molecule has 124 valence electrons. The fourth-order valence-electron chi connectivity index (χ4n) is 2.60. The SMILES string of the molecule is FC(F)(F)c1cccc(-c2ncsc2-c2ccc3nccnc3c2)c1. The van der Waals surface area contributed by atoms with Crippen LogP contribution in [-0.2, 0) is 6.18 Å². The lowest BCUT2D eigenvalue weighted by molar-refractivity contribution is -0.137. The summed E-state index contributed by atoms with van der Waals surface area (Å²) in [6, 6.07) is 10.8. The Balaban J connectivity index is 1.83. The second kappa shape index (κ2) is 5.93. The van der Waals surface area contributed by atoms with Crippen LogP contribution < -0.4 is 0 Å². The summed E-state index contributed by atoms with van der Waals surface area (Å²) in [6.07, 6.45) is -1.17. The number of hydrogen-bond acceptors (Lipinski definition) is 4. The molecule has 7 heteroatoms. The molecule has 4 rings (SSSR count). The second-order valence-electron chi connectivity index (χ2n) is 5.37. The van der Waals surface area contributed by atoms with E-state index in [0.717, 1.165) is 33.6 Å². The first-order chi connectivity index (χ1) is 12.0. The zero-order chi connectivity index (χ0) is 17.4. The summed E-state index contributed by atoms with van der Waals surface area (Å²) in [5.74, 6) is 0. The Hall–Kier alpha value is -2.80. The summed E-state index contributed by atoms with van der Waals surface area (Å²) in [4.78, 5) is 13.6. The van der Waals surface area contributed by atoms with Crippen LogP contribution in [0.5, 0.6) is 0 Å². The van der Waals surface area contributed by atoms with Gasteiger partial charge in [-0.15, -0.1) is 11.3 Å². The average Bonchev–Trinajstić information content (AvgIpc) is 3.10. The number of hydrogen-bond donors (Lipinski definition) is 0. The molecule has 2 heterocycles. The van der Waals surface area contributed by atoms with Crippen molar-refractivity contribution in [3.63, 3.8) is 0 Å². The van der Waals surface area contributed by atoms with Crippen LogP contribution in [0.2, 0.25) is 0 Å². The van der Waals surface area contributed by atoms with Crippen molar-refractivity contribution in [2.75, 3.05) is 0 Å². The topological polar surface area (TPSA) is 38.7 Å². The van der Waals surface area contributed by atoms with Gasteiger partial charge in [0.05, 0.1) is 32.7 Å². The van der Waals surface area contributed by atoms with Gasteiger partial charge < -0.3 is 0 Å². The van der Waals surface area contributed by atoms with Crippen LogP contribution in [0.3, 0.4) is 0 Å². The number of rotatable bonds is 2. The molecule has 0 atom stereocenters. The van der Waals surface area contributed by atoms with E-state index in [1.54, 1.807) is 24.0 Å². The van der Waals surface area contributed by atoms with Crippen LogP contribution >= 0.6 is 11.3 Å². The summed E-state index contributed by atoms with van der Waals surface area (Å²) in [5, 5.41) is 0. The smallest absolute Gasteiger partial charge is 0.253 e. The molecular formula is C18H10F3N3S. The molecule has 0 aliphatic heterocycles. The zero-order valence-corrected chi connectivity index (χ0v) is 13.5. The van der Waals surface area contributed by atoms with Crippen molar-refractivity contribution in [3.8, 4) is 21.7 Å². The Kier molecular flexibility index (Phi) is 3.73. The van der Waals surface area contributed by atoms with Gasteiger partial charge in [0.2, 0.25) is 0 Å². The highest BCUT2D eigenvalue weighted by molar-refractivity contribution is 7.13. The lowest BCUT2D eigenvalue weighted by Gasteiger charge is -2.09. The average molecular weight is 357 g/mol. The highest BCUT2D eigenvalue weighted by Gasteiger charge is 2.30. The summed E-state index contributed by atoms with van der Waals surface area (Å²) < 4.78 is 38.9. The van der Waals surface area contributed by atoms with Crippen LogP contribution in [0, 0.1) is 0 Å². The molecule has 3 nitrogen and oxygen atoms in total. The largest absolute Gasteiger partial charge is 0.416 e. The van der Waals surface area contributed by atoms with Gasteiger partial charge in [-0.25, -0.2) is 4.98 Å². The van der Waals surface area contributed by atoms with Gasteiger partial charge in [0.25, 0.3) is 0 Å². The van der Waals surface area contributed by atoms with Crippen LogP contribution in [0.1, 0.15) is 5.56 Å². The molecule has 0 aliphatic carbocycles. The number of thiazole rings is 1. The lowest BCUT2D eigenvalue weighted by Crippen LogP contribution is -2.04. The van der Waals surface area contributed by atoms with Gasteiger partial charge in [0, 0.05) is 18.0 Å². The minimum absolute atomic E-state index is 0.435. The van der Waals surface area contributed by atoms with E-state index in [1.165, 1.54) is 17.4 Å². The van der Waals surface area contributed by atoms with Gasteiger partial charge in [-0.1, -0.05) is 18.2 Å². The van der Waals surface area contributed by atoms with Crippen molar-refractivity contribution in [1.82, 2.24) is 15.0 Å². The van der Waals surface area contributed by atoms with Gasteiger partial charge >= 0.3 is 6.18 Å². The minimum atomic E-state index is -4.38. The zero-order valence-electron chi connectivity index (χ0n) is 12.7. The molecule has 0 saturated heterocycles. The number of nitrogens with zero attached hydrogens (tertiary/aromatic N) is 3. The Labute approximate surface area is 144 Å². The first-order valence-corrected chi connectivity index (χ1v) is 8.22. The van der Waals surface area contributed by atoms with E-state index in [2.05, 4.69) is 15.0 Å². The van der Waals surface area contributed by atoms with Crippen LogP contribution in [-0.4, -0.2) is 15.0 Å². The molecule has 0 saturated carbocycles. The first-order valence-electron chi connectivity index (χ1n) is 7.34. The van der Waals surface area contributed by atoms with Crippen molar-refractivity contribution in [2.45, 2.75) is 6.18 Å². The third kappa shape index (κ3) is 2.98. The molecule has 2 aromatic heterocycles. The number of fused-ring (bicyclic) bond motifs is 1. The predicted molar refractivity (Wildman–Crippen MR) is 91.1 cm³/mol. The molecule has 0 bridgehead atoms. The first kappa shape index (κ1) is 15.7. The predicted octanol–water partition coefficient (Wildman–Crippen LogP) is 5.44. The third-order valence-electron chi connectivity index (χ3n) is 3.76. The minimum Gasteiger partial charge on any atom is -0.253 e. The molecule has 0 N–H and O–H groups in total. The van der Waals surface area contributed by atoms with E-state index < -0.39 is 11.7 Å². The summed E-state index contributed by atoms with van der Waals surface area (Å²) in [5.41, 5.74) is 4.24. The number of alkyl halides is 3. The Morgan fingerprint density at radius 3 is 2.40 bits per heavy atom. The van der Waals surface area contributed by atoms with E-state index in [0.29, 0.717) is 11.3 Å². The van der Waals surface area contributed by atoms with Gasteiger partial charge in [-0.3, -0.25) is 9.97 Å². The highest BCUT2D eigenvalue weighted by Crippen LogP contribution is 2.38. The molecule has 0 fully saturated rings. The molecule has 25 heavy (non-hydrogen) atoms. The molecule has 0 radical (unpaired) electrons. The maximum atomic E-state index is 13.0. The van der Waals surface area contributed by atoms with Crippen molar-refractivity contribution in [2.24, 2.45) is 0 Å². The second-order valence-corrected chi connectivity index (χ2v) is 6.22. The van der Waals surface area contributed by atoms with Gasteiger partial charge in [-0.05, 0) is 29.8 Å². The van der Waals surface area contributed by atoms with Gasteiger partial charge in [-0.2, -0.15) is 13.2 Å². The number of halogens is 3. The van der Waals surface area contributed by atoms with E-state index in [1.807, 2.05) is 18.2 Å². The van der Waals surface area contributed by atoms with Crippen LogP contribution in [0.4, 0.5) is 13.2 Å². The lowest BCUT2D eigenvalue weighted by atomic mass is 10.0. The van der Waals surface area contributed by atoms with E-state index in [9.17, 15) is 13.2 Å². The quantitative estimate of drug-likeness (QED) is 0.479. The normalized spacial score (nSPS) is 11.8. The molecule has 0 unspecified atom stereocenters. The Morgan fingerprint density at radius 2 is 1.60 bits per heavy atom. The van der Waals surface area contributed by atoms with E-state index in [-0.39, 0.29) is 0 Å². The van der Waals surface area contributed by atoms with E-state index in [4.69, 9.17) is 0 Å². The summed E-state index contributed by atoms with van der Waals surface area (Å²) in [7, 11) is 0. The molecule has 2 aromatic carbocycles. The molecule has 0 amide bonds. The van der Waals surface area contributed by atoms with Crippen molar-refractivity contribution < 1.29 is 13.2 Å². The van der Waals surface area contributed by atoms with Crippen LogP contribution in [0.15, 0.2) is 60.4 Å². The Morgan fingerprint density at radius 1 is 0.800 bits per heavy atom. The number of benzene rings is 2. The van der Waals surface area contributed by atoms with Crippen molar-refractivity contribution >= 4 is 22.4 Å². The third-order valence-corrected chi connectivity index (χ3v) is 4.64. The van der Waals surface area contributed by atoms with Crippen LogP contribution in [0.25, 0.3) is 32.7 Å². The molecule has 0 spiro atoms. The standard InChI is InChI=1S/C18H10F3N3S/c19-18(20,21)13-3-1-2-11(8-13)16-17(25-10-24-16)12-4-5-14-15(9-12)23-7-6-22-14/h1-10H. The van der Waals surface area contributed by atoms with E-state index >= 15 is 0 Å². The maximum Gasteiger partial charge on any atom is 0.416 e. The molecular weight excluding hydrogens is 347 g/mol. The summed E-state index contributed by atoms with van der Waals surface area (Å²) >= 11 is 1.38. The fourth-order valence-corrected chi connectivity index (χ4v) is 3.41. The molecule has 4 aromatic rings. The molecule has 0 aliphatic rings. The highest BCUT2D eigenvalue weighted by atomic mass is 32.1.